The highest BCUT2D eigenvalue weighted by Crippen LogP contribution is 2.33. The SMILES string of the molecule is CCNC(Cc1nc2ccccc2n1C)C1CCC(C)C1. The lowest BCUT2D eigenvalue weighted by Crippen LogP contribution is -2.37. The second-order valence-electron chi connectivity index (χ2n) is 6.62. The molecule has 3 unspecified atom stereocenters. The highest BCUT2D eigenvalue weighted by Gasteiger charge is 2.29. The average Bonchev–Trinajstić information content (AvgIpc) is 3.04. The number of imidazole rings is 1. The molecule has 1 N–H and O–H groups in total. The number of rotatable bonds is 5. The Morgan fingerprint density at radius 1 is 1.33 bits per heavy atom. The van der Waals surface area contributed by atoms with Crippen LogP contribution in [0.4, 0.5) is 0 Å². The molecule has 0 bridgehead atoms. The Balaban J connectivity index is 1.82. The van der Waals surface area contributed by atoms with Crippen molar-refractivity contribution in [3.05, 3.63) is 30.1 Å². The van der Waals surface area contributed by atoms with Gasteiger partial charge in [-0.3, -0.25) is 0 Å². The van der Waals surface area contributed by atoms with E-state index in [1.165, 1.54) is 30.6 Å². The minimum Gasteiger partial charge on any atom is -0.331 e. The number of benzene rings is 1. The maximum absolute atomic E-state index is 4.85. The molecule has 2 aromatic rings. The van der Waals surface area contributed by atoms with Crippen molar-refractivity contribution in [1.82, 2.24) is 14.9 Å². The minimum absolute atomic E-state index is 0.565. The molecule has 3 atom stereocenters. The Labute approximate surface area is 127 Å². The summed E-state index contributed by atoms with van der Waals surface area (Å²) in [7, 11) is 2.14. The predicted octanol–water partition coefficient (Wildman–Crippen LogP) is 3.53. The third kappa shape index (κ3) is 2.98. The third-order valence-corrected chi connectivity index (χ3v) is 5.05. The van der Waals surface area contributed by atoms with Crippen molar-refractivity contribution in [2.24, 2.45) is 18.9 Å². The number of para-hydroxylation sites is 2. The van der Waals surface area contributed by atoms with E-state index in [1.807, 2.05) is 0 Å². The molecular weight excluding hydrogens is 258 g/mol. The van der Waals surface area contributed by atoms with Crippen LogP contribution in [0.5, 0.6) is 0 Å². The topological polar surface area (TPSA) is 29.9 Å². The van der Waals surface area contributed by atoms with Gasteiger partial charge < -0.3 is 9.88 Å². The second-order valence-corrected chi connectivity index (χ2v) is 6.62. The van der Waals surface area contributed by atoms with Gasteiger partial charge in [0.15, 0.2) is 0 Å². The first-order valence-corrected chi connectivity index (χ1v) is 8.32. The zero-order chi connectivity index (χ0) is 14.8. The number of hydrogen-bond donors (Lipinski definition) is 1. The largest absolute Gasteiger partial charge is 0.331 e. The molecule has 0 saturated heterocycles. The summed E-state index contributed by atoms with van der Waals surface area (Å²) in [5.74, 6) is 2.90. The summed E-state index contributed by atoms with van der Waals surface area (Å²) in [5.41, 5.74) is 2.35. The highest BCUT2D eigenvalue weighted by atomic mass is 15.1. The van der Waals surface area contributed by atoms with E-state index >= 15 is 0 Å². The number of aryl methyl sites for hydroxylation is 1. The first-order valence-electron chi connectivity index (χ1n) is 8.32. The Bertz CT molecular complexity index is 602. The number of nitrogens with zero attached hydrogens (tertiary/aromatic N) is 2. The summed E-state index contributed by atoms with van der Waals surface area (Å²) in [5, 5.41) is 3.71. The van der Waals surface area contributed by atoms with Crippen LogP contribution in [0.2, 0.25) is 0 Å². The predicted molar refractivity (Wildman–Crippen MR) is 88.4 cm³/mol. The molecule has 1 aromatic heterocycles. The van der Waals surface area contributed by atoms with Gasteiger partial charge in [0.05, 0.1) is 11.0 Å². The molecule has 3 nitrogen and oxygen atoms in total. The van der Waals surface area contributed by atoms with Crippen molar-refractivity contribution in [2.75, 3.05) is 6.54 Å². The van der Waals surface area contributed by atoms with E-state index in [0.29, 0.717) is 6.04 Å². The van der Waals surface area contributed by atoms with E-state index in [9.17, 15) is 0 Å². The molecule has 21 heavy (non-hydrogen) atoms. The summed E-state index contributed by atoms with van der Waals surface area (Å²) in [6, 6.07) is 8.99. The Morgan fingerprint density at radius 3 is 2.81 bits per heavy atom. The van der Waals surface area contributed by atoms with Crippen LogP contribution in [0, 0.1) is 11.8 Å². The molecule has 3 heteroatoms. The molecule has 1 heterocycles. The molecule has 0 amide bonds. The molecule has 1 aliphatic rings. The van der Waals surface area contributed by atoms with Crippen LogP contribution in [-0.2, 0) is 13.5 Å². The van der Waals surface area contributed by atoms with Crippen molar-refractivity contribution in [3.63, 3.8) is 0 Å². The van der Waals surface area contributed by atoms with Gasteiger partial charge in [0.2, 0.25) is 0 Å². The quantitative estimate of drug-likeness (QED) is 0.911. The fourth-order valence-electron chi connectivity index (χ4n) is 3.86. The van der Waals surface area contributed by atoms with Gasteiger partial charge in [-0.2, -0.15) is 0 Å². The van der Waals surface area contributed by atoms with Gasteiger partial charge in [-0.05, 0) is 43.4 Å². The van der Waals surface area contributed by atoms with E-state index in [0.717, 1.165) is 30.3 Å². The summed E-state index contributed by atoms with van der Waals surface area (Å²) in [4.78, 5) is 4.85. The van der Waals surface area contributed by atoms with Gasteiger partial charge in [0, 0.05) is 19.5 Å². The number of fused-ring (bicyclic) bond motifs is 1. The van der Waals surface area contributed by atoms with E-state index in [-0.39, 0.29) is 0 Å². The van der Waals surface area contributed by atoms with Crippen molar-refractivity contribution in [2.45, 2.75) is 45.6 Å². The Morgan fingerprint density at radius 2 is 2.14 bits per heavy atom. The van der Waals surface area contributed by atoms with Gasteiger partial charge in [0.1, 0.15) is 5.82 Å². The molecule has 0 radical (unpaired) electrons. The number of aromatic nitrogens is 2. The van der Waals surface area contributed by atoms with Gasteiger partial charge in [-0.25, -0.2) is 4.98 Å². The van der Waals surface area contributed by atoms with Gasteiger partial charge >= 0.3 is 0 Å². The minimum atomic E-state index is 0.565. The van der Waals surface area contributed by atoms with E-state index in [4.69, 9.17) is 4.98 Å². The van der Waals surface area contributed by atoms with Crippen LogP contribution in [-0.4, -0.2) is 22.1 Å². The van der Waals surface area contributed by atoms with E-state index in [1.54, 1.807) is 0 Å². The lowest BCUT2D eigenvalue weighted by molar-refractivity contribution is 0.347. The Kier molecular flexibility index (Phi) is 4.29. The van der Waals surface area contributed by atoms with Gasteiger partial charge in [-0.1, -0.05) is 32.4 Å². The number of hydrogen-bond acceptors (Lipinski definition) is 2. The maximum Gasteiger partial charge on any atom is 0.111 e. The first kappa shape index (κ1) is 14.6. The summed E-state index contributed by atoms with van der Waals surface area (Å²) in [6.07, 6.45) is 5.15. The number of likely N-dealkylation sites (N-methyl/N-ethyl adjacent to an activating group) is 1. The van der Waals surface area contributed by atoms with Crippen LogP contribution in [0.15, 0.2) is 24.3 Å². The molecule has 1 saturated carbocycles. The zero-order valence-electron chi connectivity index (χ0n) is 13.5. The molecular formula is C18H27N3. The van der Waals surface area contributed by atoms with E-state index in [2.05, 4.69) is 55.0 Å². The van der Waals surface area contributed by atoms with Crippen LogP contribution in [0.25, 0.3) is 11.0 Å². The highest BCUT2D eigenvalue weighted by molar-refractivity contribution is 5.75. The fraction of sp³-hybridized carbons (Fsp3) is 0.611. The molecule has 3 rings (SSSR count). The monoisotopic (exact) mass is 285 g/mol. The number of nitrogens with one attached hydrogen (secondary N) is 1. The first-order chi connectivity index (χ1) is 10.2. The fourth-order valence-corrected chi connectivity index (χ4v) is 3.86. The lowest BCUT2D eigenvalue weighted by atomic mass is 9.94. The smallest absolute Gasteiger partial charge is 0.111 e. The molecule has 1 fully saturated rings. The van der Waals surface area contributed by atoms with Crippen LogP contribution >= 0.6 is 0 Å². The van der Waals surface area contributed by atoms with Crippen molar-refractivity contribution in [1.29, 1.82) is 0 Å². The summed E-state index contributed by atoms with van der Waals surface area (Å²) < 4.78 is 2.26. The van der Waals surface area contributed by atoms with Crippen LogP contribution < -0.4 is 5.32 Å². The maximum atomic E-state index is 4.85. The molecule has 0 aliphatic heterocycles. The van der Waals surface area contributed by atoms with Crippen LogP contribution in [0.3, 0.4) is 0 Å². The van der Waals surface area contributed by atoms with Gasteiger partial charge in [0.25, 0.3) is 0 Å². The molecule has 1 aromatic carbocycles. The Hall–Kier alpha value is -1.35. The normalized spacial score (nSPS) is 23.8. The standard InChI is InChI=1S/C18H27N3/c1-4-19-16(14-10-9-13(2)11-14)12-18-20-15-7-5-6-8-17(15)21(18)3/h5-8,13-14,16,19H,4,9-12H2,1-3H3. The third-order valence-electron chi connectivity index (χ3n) is 5.05. The van der Waals surface area contributed by atoms with Crippen LogP contribution in [0.1, 0.15) is 38.9 Å². The second kappa shape index (κ2) is 6.18. The summed E-state index contributed by atoms with van der Waals surface area (Å²) >= 11 is 0. The molecule has 1 aliphatic carbocycles. The van der Waals surface area contributed by atoms with Crippen molar-refractivity contribution >= 4 is 11.0 Å². The lowest BCUT2D eigenvalue weighted by Gasteiger charge is -2.24. The van der Waals surface area contributed by atoms with Crippen molar-refractivity contribution < 1.29 is 0 Å². The molecule has 0 spiro atoms. The summed E-state index contributed by atoms with van der Waals surface area (Å²) in [6.45, 7) is 5.64. The molecule has 114 valence electrons. The van der Waals surface area contributed by atoms with Gasteiger partial charge in [-0.15, -0.1) is 0 Å². The van der Waals surface area contributed by atoms with Crippen molar-refractivity contribution in [3.8, 4) is 0 Å². The zero-order valence-corrected chi connectivity index (χ0v) is 13.5. The van der Waals surface area contributed by atoms with E-state index < -0.39 is 0 Å². The average molecular weight is 285 g/mol.